The van der Waals surface area contributed by atoms with E-state index in [9.17, 15) is 0 Å². The lowest BCUT2D eigenvalue weighted by Gasteiger charge is -2.12. The Hall–Kier alpha value is -1.79. The quantitative estimate of drug-likeness (QED) is 0.359. The van der Waals surface area contributed by atoms with Crippen LogP contribution in [0.25, 0.3) is 0 Å². The third-order valence-electron chi connectivity index (χ3n) is 4.25. The van der Waals surface area contributed by atoms with Gasteiger partial charge in [0.05, 0.1) is 19.8 Å². The number of aliphatic imine (C=N–C) groups is 1. The highest BCUT2D eigenvalue weighted by Gasteiger charge is 2.14. The van der Waals surface area contributed by atoms with Gasteiger partial charge in [-0.05, 0) is 50.3 Å². The summed E-state index contributed by atoms with van der Waals surface area (Å²) >= 11 is 0. The van der Waals surface area contributed by atoms with Gasteiger partial charge in [-0.15, -0.1) is 0 Å². The smallest absolute Gasteiger partial charge is 0.191 e. The van der Waals surface area contributed by atoms with Crippen molar-refractivity contribution in [1.29, 1.82) is 0 Å². The van der Waals surface area contributed by atoms with Crippen LogP contribution >= 0.6 is 0 Å². The van der Waals surface area contributed by atoms with Crippen LogP contribution in [0.1, 0.15) is 31.7 Å². The van der Waals surface area contributed by atoms with Crippen molar-refractivity contribution in [3.05, 3.63) is 29.8 Å². The summed E-state index contributed by atoms with van der Waals surface area (Å²) in [5.41, 5.74) is 1.27. The molecule has 0 amide bonds. The molecule has 1 aliphatic heterocycles. The minimum Gasteiger partial charge on any atom is -0.497 e. The monoisotopic (exact) mass is 363 g/mol. The van der Waals surface area contributed by atoms with Gasteiger partial charge >= 0.3 is 0 Å². The van der Waals surface area contributed by atoms with E-state index in [-0.39, 0.29) is 0 Å². The number of rotatable bonds is 11. The van der Waals surface area contributed by atoms with Crippen LogP contribution in [0, 0.1) is 0 Å². The van der Waals surface area contributed by atoms with Gasteiger partial charge in [-0.1, -0.05) is 12.1 Å². The Morgan fingerprint density at radius 2 is 2.12 bits per heavy atom. The summed E-state index contributed by atoms with van der Waals surface area (Å²) < 4.78 is 16.4. The summed E-state index contributed by atoms with van der Waals surface area (Å²) in [5, 5.41) is 6.66. The summed E-state index contributed by atoms with van der Waals surface area (Å²) in [4.78, 5) is 4.60. The molecule has 1 heterocycles. The SMILES string of the molecule is CCNC(=NCCCOCC1CCCO1)NCCc1ccc(OC)cc1. The van der Waals surface area contributed by atoms with Crippen LogP contribution in [0.2, 0.25) is 0 Å². The maximum atomic E-state index is 5.67. The molecule has 0 saturated carbocycles. The molecule has 1 aliphatic rings. The van der Waals surface area contributed by atoms with E-state index in [0.717, 1.165) is 70.2 Å². The number of nitrogens with one attached hydrogen (secondary N) is 2. The van der Waals surface area contributed by atoms with Gasteiger partial charge in [-0.25, -0.2) is 0 Å². The van der Waals surface area contributed by atoms with Crippen molar-refractivity contribution in [2.45, 2.75) is 38.7 Å². The zero-order valence-corrected chi connectivity index (χ0v) is 16.1. The fraction of sp³-hybridized carbons (Fsp3) is 0.650. The molecule has 146 valence electrons. The molecule has 1 aromatic carbocycles. The highest BCUT2D eigenvalue weighted by atomic mass is 16.5. The standard InChI is InChI=1S/C20H33N3O3/c1-3-21-20(22-12-5-14-25-16-19-6-4-15-26-19)23-13-11-17-7-9-18(24-2)10-8-17/h7-10,19H,3-6,11-16H2,1-2H3,(H2,21,22,23). The number of benzene rings is 1. The first-order valence-corrected chi connectivity index (χ1v) is 9.66. The third-order valence-corrected chi connectivity index (χ3v) is 4.25. The highest BCUT2D eigenvalue weighted by Crippen LogP contribution is 2.12. The molecule has 0 aliphatic carbocycles. The van der Waals surface area contributed by atoms with Crippen molar-refractivity contribution >= 4 is 5.96 Å². The van der Waals surface area contributed by atoms with Crippen molar-refractivity contribution in [3.63, 3.8) is 0 Å². The molecule has 1 fully saturated rings. The number of guanidine groups is 1. The minimum absolute atomic E-state index is 0.301. The molecular formula is C20H33N3O3. The summed E-state index contributed by atoms with van der Waals surface area (Å²) in [6.45, 7) is 6.84. The Kier molecular flexibility index (Phi) is 9.90. The lowest BCUT2D eigenvalue weighted by atomic mass is 10.1. The van der Waals surface area contributed by atoms with E-state index in [2.05, 4.69) is 34.7 Å². The molecule has 6 nitrogen and oxygen atoms in total. The molecular weight excluding hydrogens is 330 g/mol. The number of nitrogens with zero attached hydrogens (tertiary/aromatic N) is 1. The van der Waals surface area contributed by atoms with Crippen LogP contribution in [-0.2, 0) is 15.9 Å². The Balaban J connectivity index is 1.60. The molecule has 2 N–H and O–H groups in total. The Morgan fingerprint density at radius 1 is 1.27 bits per heavy atom. The van der Waals surface area contributed by atoms with E-state index in [1.165, 1.54) is 5.56 Å². The molecule has 0 radical (unpaired) electrons. The van der Waals surface area contributed by atoms with Gasteiger partial charge in [-0.3, -0.25) is 4.99 Å². The van der Waals surface area contributed by atoms with E-state index in [1.807, 2.05) is 12.1 Å². The lowest BCUT2D eigenvalue weighted by molar-refractivity contribution is 0.0171. The number of hydrogen-bond donors (Lipinski definition) is 2. The minimum atomic E-state index is 0.301. The van der Waals surface area contributed by atoms with Gasteiger partial charge in [0, 0.05) is 32.8 Å². The average molecular weight is 364 g/mol. The maximum Gasteiger partial charge on any atom is 0.191 e. The van der Waals surface area contributed by atoms with Gasteiger partial charge in [0.15, 0.2) is 5.96 Å². The summed E-state index contributed by atoms with van der Waals surface area (Å²) in [7, 11) is 1.68. The molecule has 0 bridgehead atoms. The van der Waals surface area contributed by atoms with E-state index in [4.69, 9.17) is 14.2 Å². The second-order valence-electron chi connectivity index (χ2n) is 6.35. The maximum absolute atomic E-state index is 5.67. The summed E-state index contributed by atoms with van der Waals surface area (Å²) in [6.07, 6.45) is 4.45. The second kappa shape index (κ2) is 12.5. The van der Waals surface area contributed by atoms with Crippen LogP contribution in [0.3, 0.4) is 0 Å². The average Bonchev–Trinajstić information content (AvgIpc) is 3.18. The normalized spacial score (nSPS) is 17.3. The molecule has 6 heteroatoms. The van der Waals surface area contributed by atoms with Gasteiger partial charge in [0.2, 0.25) is 0 Å². The Bertz CT molecular complexity index is 514. The third kappa shape index (κ3) is 8.06. The van der Waals surface area contributed by atoms with Crippen LogP contribution in [-0.4, -0.2) is 58.6 Å². The van der Waals surface area contributed by atoms with Crippen LogP contribution in [0.15, 0.2) is 29.3 Å². The molecule has 0 aromatic heterocycles. The van der Waals surface area contributed by atoms with Crippen LogP contribution in [0.4, 0.5) is 0 Å². The van der Waals surface area contributed by atoms with E-state index >= 15 is 0 Å². The zero-order valence-electron chi connectivity index (χ0n) is 16.1. The first-order valence-electron chi connectivity index (χ1n) is 9.66. The van der Waals surface area contributed by atoms with E-state index in [1.54, 1.807) is 7.11 Å². The molecule has 1 atom stereocenters. The summed E-state index contributed by atoms with van der Waals surface area (Å²) in [6, 6.07) is 8.17. The van der Waals surface area contributed by atoms with Crippen LogP contribution in [0.5, 0.6) is 5.75 Å². The van der Waals surface area contributed by atoms with Crippen molar-refractivity contribution in [1.82, 2.24) is 10.6 Å². The first kappa shape index (κ1) is 20.5. The summed E-state index contributed by atoms with van der Waals surface area (Å²) in [5.74, 6) is 1.75. The second-order valence-corrected chi connectivity index (χ2v) is 6.35. The van der Waals surface area contributed by atoms with E-state index < -0.39 is 0 Å². The number of methoxy groups -OCH3 is 1. The predicted molar refractivity (Wildman–Crippen MR) is 105 cm³/mol. The molecule has 1 saturated heterocycles. The van der Waals surface area contributed by atoms with Crippen molar-refractivity contribution in [3.8, 4) is 5.75 Å². The molecule has 0 spiro atoms. The topological polar surface area (TPSA) is 64.1 Å². The molecule has 1 unspecified atom stereocenters. The Morgan fingerprint density at radius 3 is 2.81 bits per heavy atom. The van der Waals surface area contributed by atoms with Gasteiger partial charge < -0.3 is 24.8 Å². The van der Waals surface area contributed by atoms with E-state index in [0.29, 0.717) is 12.7 Å². The van der Waals surface area contributed by atoms with Crippen molar-refractivity contribution in [2.24, 2.45) is 4.99 Å². The predicted octanol–water partition coefficient (Wildman–Crippen LogP) is 2.38. The molecule has 2 rings (SSSR count). The highest BCUT2D eigenvalue weighted by molar-refractivity contribution is 5.79. The van der Waals surface area contributed by atoms with Crippen LogP contribution < -0.4 is 15.4 Å². The zero-order chi connectivity index (χ0) is 18.5. The lowest BCUT2D eigenvalue weighted by Crippen LogP contribution is -2.38. The van der Waals surface area contributed by atoms with Crippen molar-refractivity contribution in [2.75, 3.05) is 46.6 Å². The number of ether oxygens (including phenoxy) is 3. The first-order chi connectivity index (χ1) is 12.8. The van der Waals surface area contributed by atoms with Gasteiger partial charge in [0.1, 0.15) is 5.75 Å². The van der Waals surface area contributed by atoms with Gasteiger partial charge in [-0.2, -0.15) is 0 Å². The largest absolute Gasteiger partial charge is 0.497 e. The van der Waals surface area contributed by atoms with Crippen molar-refractivity contribution < 1.29 is 14.2 Å². The molecule has 1 aromatic rings. The Labute approximate surface area is 157 Å². The fourth-order valence-electron chi connectivity index (χ4n) is 2.81. The number of hydrogen-bond acceptors (Lipinski definition) is 4. The van der Waals surface area contributed by atoms with Gasteiger partial charge in [0.25, 0.3) is 0 Å². The fourth-order valence-corrected chi connectivity index (χ4v) is 2.81. The molecule has 26 heavy (non-hydrogen) atoms.